The van der Waals surface area contributed by atoms with Gasteiger partial charge in [0.1, 0.15) is 19.6 Å². The second-order valence-corrected chi connectivity index (χ2v) is 6.72. The van der Waals surface area contributed by atoms with Crippen LogP contribution in [0.15, 0.2) is 30.3 Å². The van der Waals surface area contributed by atoms with Crippen molar-refractivity contribution in [3.63, 3.8) is 0 Å². The maximum Gasteiger partial charge on any atom is 0.306 e. The van der Waals surface area contributed by atoms with Crippen molar-refractivity contribution in [2.24, 2.45) is 0 Å². The fraction of sp³-hybridized carbons (Fsp3) is 0.632. The number of likely N-dealkylation sites (N-methyl/N-ethyl adjacent to an activating group) is 1. The number of carbonyl (C=O) groups is 1. The first-order valence-electron chi connectivity index (χ1n) is 8.84. The Labute approximate surface area is 145 Å². The summed E-state index contributed by atoms with van der Waals surface area (Å²) in [5.41, 5.74) is 1.13. The van der Waals surface area contributed by atoms with Gasteiger partial charge in [0.25, 0.3) is 0 Å². The summed E-state index contributed by atoms with van der Waals surface area (Å²) in [6.45, 7) is 7.13. The van der Waals surface area contributed by atoms with Crippen molar-refractivity contribution in [2.75, 3.05) is 46.5 Å². The van der Waals surface area contributed by atoms with Gasteiger partial charge in [-0.25, -0.2) is 0 Å². The van der Waals surface area contributed by atoms with E-state index in [2.05, 4.69) is 7.05 Å². The van der Waals surface area contributed by atoms with Crippen LogP contribution in [-0.2, 0) is 25.6 Å². The zero-order valence-electron chi connectivity index (χ0n) is 14.9. The Hall–Kier alpha value is -1.43. The zero-order valence-corrected chi connectivity index (χ0v) is 14.9. The summed E-state index contributed by atoms with van der Waals surface area (Å²) < 4.78 is 17.8. The highest BCUT2D eigenvalue weighted by Gasteiger charge is 2.31. The molecule has 1 heterocycles. The summed E-state index contributed by atoms with van der Waals surface area (Å²) in [5.74, 6) is -0.134. The van der Waals surface area contributed by atoms with Crippen molar-refractivity contribution < 1.29 is 23.5 Å². The number of hydrogen-bond donors (Lipinski definition) is 0. The fourth-order valence-corrected chi connectivity index (χ4v) is 2.91. The van der Waals surface area contributed by atoms with Crippen molar-refractivity contribution in [3.8, 4) is 0 Å². The van der Waals surface area contributed by atoms with E-state index in [1.165, 1.54) is 0 Å². The third-order valence-electron chi connectivity index (χ3n) is 4.36. The summed E-state index contributed by atoms with van der Waals surface area (Å²) in [6, 6.07) is 10.1. The summed E-state index contributed by atoms with van der Waals surface area (Å²) in [4.78, 5) is 11.9. The molecule has 0 amide bonds. The van der Waals surface area contributed by atoms with Gasteiger partial charge in [-0.2, -0.15) is 0 Å². The minimum Gasteiger partial charge on any atom is -0.454 e. The van der Waals surface area contributed by atoms with Gasteiger partial charge in [-0.15, -0.1) is 0 Å². The molecule has 0 bridgehead atoms. The molecule has 0 saturated carbocycles. The highest BCUT2D eigenvalue weighted by atomic mass is 16.6. The lowest BCUT2D eigenvalue weighted by atomic mass is 10.2. The Bertz CT molecular complexity index is 485. The lowest BCUT2D eigenvalue weighted by Crippen LogP contribution is -2.56. The highest BCUT2D eigenvalue weighted by molar-refractivity contribution is 5.69. The van der Waals surface area contributed by atoms with Crippen LogP contribution in [0, 0.1) is 0 Å². The van der Waals surface area contributed by atoms with Gasteiger partial charge in [-0.3, -0.25) is 4.79 Å². The SMILES string of the molecule is CCCC(=O)O[C@@H](COCc1ccccc1)C[N+]1(C)CCOCC1. The molecule has 1 aliphatic rings. The Kier molecular flexibility index (Phi) is 7.69. The average Bonchev–Trinajstić information content (AvgIpc) is 2.56. The molecule has 134 valence electrons. The molecule has 1 fully saturated rings. The molecule has 1 aliphatic heterocycles. The number of rotatable bonds is 9. The standard InChI is InChI=1S/C19H30NO4/c1-3-7-19(21)24-18(14-20(2)10-12-22-13-11-20)16-23-15-17-8-5-4-6-9-17/h4-6,8-9,18H,3,7,10-16H2,1-2H3/q+1/t18-/m1/s1. The topological polar surface area (TPSA) is 44.8 Å². The Morgan fingerprint density at radius 3 is 2.62 bits per heavy atom. The molecule has 0 aliphatic carbocycles. The van der Waals surface area contributed by atoms with Crippen LogP contribution in [0.4, 0.5) is 0 Å². The lowest BCUT2D eigenvalue weighted by molar-refractivity contribution is -0.919. The molecule has 0 unspecified atom stereocenters. The molecular weight excluding hydrogens is 306 g/mol. The highest BCUT2D eigenvalue weighted by Crippen LogP contribution is 2.12. The van der Waals surface area contributed by atoms with Gasteiger partial charge in [0, 0.05) is 6.42 Å². The zero-order chi connectivity index (χ0) is 17.3. The van der Waals surface area contributed by atoms with E-state index < -0.39 is 0 Å². The van der Waals surface area contributed by atoms with Crippen LogP contribution in [0.2, 0.25) is 0 Å². The van der Waals surface area contributed by atoms with E-state index in [0.717, 1.165) is 49.3 Å². The smallest absolute Gasteiger partial charge is 0.306 e. The molecule has 0 radical (unpaired) electrons. The van der Waals surface area contributed by atoms with Gasteiger partial charge in [0.05, 0.1) is 33.5 Å². The number of ether oxygens (including phenoxy) is 3. The van der Waals surface area contributed by atoms with Crippen LogP contribution < -0.4 is 0 Å². The number of nitrogens with zero attached hydrogens (tertiary/aromatic N) is 1. The van der Waals surface area contributed by atoms with Gasteiger partial charge in [0.15, 0.2) is 6.10 Å². The molecule has 1 aromatic carbocycles. The molecule has 2 rings (SSSR count). The van der Waals surface area contributed by atoms with Gasteiger partial charge >= 0.3 is 5.97 Å². The Morgan fingerprint density at radius 1 is 1.25 bits per heavy atom. The van der Waals surface area contributed by atoms with E-state index >= 15 is 0 Å². The third kappa shape index (κ3) is 6.59. The molecule has 0 spiro atoms. The van der Waals surface area contributed by atoms with Crippen molar-refractivity contribution in [1.82, 2.24) is 0 Å². The number of quaternary nitrogens is 1. The van der Waals surface area contributed by atoms with E-state index in [9.17, 15) is 4.79 Å². The van der Waals surface area contributed by atoms with E-state index in [0.29, 0.717) is 19.6 Å². The molecule has 0 aromatic heterocycles. The predicted molar refractivity (Wildman–Crippen MR) is 92.5 cm³/mol. The van der Waals surface area contributed by atoms with Crippen LogP contribution in [-0.4, -0.2) is 63.1 Å². The van der Waals surface area contributed by atoms with Crippen LogP contribution >= 0.6 is 0 Å². The largest absolute Gasteiger partial charge is 0.454 e. The molecule has 0 N–H and O–H groups in total. The summed E-state index contributed by atoms with van der Waals surface area (Å²) in [7, 11) is 2.19. The number of hydrogen-bond acceptors (Lipinski definition) is 4. The first-order valence-corrected chi connectivity index (χ1v) is 8.84. The number of morpholine rings is 1. The van der Waals surface area contributed by atoms with Crippen LogP contribution in [0.3, 0.4) is 0 Å². The van der Waals surface area contributed by atoms with Gasteiger partial charge < -0.3 is 18.7 Å². The van der Waals surface area contributed by atoms with Crippen molar-refractivity contribution in [2.45, 2.75) is 32.5 Å². The summed E-state index contributed by atoms with van der Waals surface area (Å²) >= 11 is 0. The molecule has 24 heavy (non-hydrogen) atoms. The normalized spacial score (nSPS) is 18.1. The molecule has 1 aromatic rings. The minimum atomic E-state index is -0.212. The molecule has 1 saturated heterocycles. The summed E-state index contributed by atoms with van der Waals surface area (Å²) in [6.07, 6.45) is 1.05. The van der Waals surface area contributed by atoms with E-state index in [1.807, 2.05) is 37.3 Å². The van der Waals surface area contributed by atoms with Crippen LogP contribution in [0.25, 0.3) is 0 Å². The molecule has 1 atom stereocenters. The van der Waals surface area contributed by atoms with Gasteiger partial charge in [0.2, 0.25) is 0 Å². The Balaban J connectivity index is 1.87. The quantitative estimate of drug-likeness (QED) is 0.513. The second kappa shape index (κ2) is 9.77. The molecule has 5 nitrogen and oxygen atoms in total. The van der Waals surface area contributed by atoms with Crippen LogP contribution in [0.5, 0.6) is 0 Å². The lowest BCUT2D eigenvalue weighted by Gasteiger charge is -2.39. The fourth-order valence-electron chi connectivity index (χ4n) is 2.91. The monoisotopic (exact) mass is 336 g/mol. The van der Waals surface area contributed by atoms with Crippen LogP contribution in [0.1, 0.15) is 25.3 Å². The first kappa shape index (κ1) is 18.9. The minimum absolute atomic E-state index is 0.134. The molecule has 5 heteroatoms. The number of carbonyl (C=O) groups excluding carboxylic acids is 1. The maximum absolute atomic E-state index is 11.9. The molecular formula is C19H30NO4+. The first-order chi connectivity index (χ1) is 11.6. The van der Waals surface area contributed by atoms with E-state index in [-0.39, 0.29) is 12.1 Å². The van der Waals surface area contributed by atoms with Crippen molar-refractivity contribution in [3.05, 3.63) is 35.9 Å². The average molecular weight is 336 g/mol. The van der Waals surface area contributed by atoms with Crippen molar-refractivity contribution >= 4 is 5.97 Å². The second-order valence-electron chi connectivity index (χ2n) is 6.72. The predicted octanol–water partition coefficient (Wildman–Crippen LogP) is 2.39. The third-order valence-corrected chi connectivity index (χ3v) is 4.36. The maximum atomic E-state index is 11.9. The van der Waals surface area contributed by atoms with Gasteiger partial charge in [-0.05, 0) is 12.0 Å². The number of esters is 1. The van der Waals surface area contributed by atoms with Gasteiger partial charge in [-0.1, -0.05) is 37.3 Å². The van der Waals surface area contributed by atoms with E-state index in [4.69, 9.17) is 14.2 Å². The van der Waals surface area contributed by atoms with Crippen molar-refractivity contribution in [1.29, 1.82) is 0 Å². The Morgan fingerprint density at radius 2 is 1.96 bits per heavy atom. The number of benzene rings is 1. The summed E-state index contributed by atoms with van der Waals surface area (Å²) in [5, 5.41) is 0. The van der Waals surface area contributed by atoms with E-state index in [1.54, 1.807) is 0 Å².